The number of rotatable bonds is 6. The van der Waals surface area contributed by atoms with Gasteiger partial charge in [-0.25, -0.2) is 4.98 Å². The zero-order valence-corrected chi connectivity index (χ0v) is 18.8. The average Bonchev–Trinajstić information content (AvgIpc) is 3.51. The van der Waals surface area contributed by atoms with E-state index in [1.807, 2.05) is 53.6 Å². The molecule has 1 saturated heterocycles. The summed E-state index contributed by atoms with van der Waals surface area (Å²) in [6, 6.07) is 16.2. The second kappa shape index (κ2) is 8.97. The van der Waals surface area contributed by atoms with Gasteiger partial charge in [0, 0.05) is 37.1 Å². The average molecular weight is 446 g/mol. The number of carbonyl (C=O) groups excluding carboxylic acids is 1. The van der Waals surface area contributed by atoms with Gasteiger partial charge in [0.25, 0.3) is 0 Å². The molecular formula is C25H27N5O3. The molecule has 0 atom stereocenters. The Morgan fingerprint density at radius 2 is 1.82 bits per heavy atom. The number of methoxy groups -OCH3 is 2. The molecule has 0 bridgehead atoms. The SMILES string of the molecule is COc1ccc(-c2nc3ccccc3n2C2CCN(C(=O)Cn3cccn3)CC2)cc1OC. The van der Waals surface area contributed by atoms with Crippen LogP contribution in [0.2, 0.25) is 0 Å². The van der Waals surface area contributed by atoms with E-state index in [4.69, 9.17) is 14.5 Å². The van der Waals surface area contributed by atoms with Crippen LogP contribution in [-0.2, 0) is 11.3 Å². The fraction of sp³-hybridized carbons (Fsp3) is 0.320. The largest absolute Gasteiger partial charge is 0.493 e. The third kappa shape index (κ3) is 4.04. The zero-order chi connectivity index (χ0) is 22.8. The van der Waals surface area contributed by atoms with Crippen molar-refractivity contribution in [1.82, 2.24) is 24.2 Å². The Balaban J connectivity index is 1.43. The van der Waals surface area contributed by atoms with Crippen molar-refractivity contribution >= 4 is 16.9 Å². The van der Waals surface area contributed by atoms with Crippen LogP contribution in [0.25, 0.3) is 22.4 Å². The highest BCUT2D eigenvalue weighted by atomic mass is 16.5. The van der Waals surface area contributed by atoms with Crippen molar-refractivity contribution in [3.63, 3.8) is 0 Å². The molecule has 4 aromatic rings. The zero-order valence-electron chi connectivity index (χ0n) is 18.8. The summed E-state index contributed by atoms with van der Waals surface area (Å²) in [5, 5.41) is 4.15. The molecule has 8 heteroatoms. The van der Waals surface area contributed by atoms with Gasteiger partial charge in [-0.3, -0.25) is 9.48 Å². The maximum atomic E-state index is 12.7. The maximum absolute atomic E-state index is 12.7. The van der Waals surface area contributed by atoms with Gasteiger partial charge in [0.1, 0.15) is 12.4 Å². The van der Waals surface area contributed by atoms with Crippen LogP contribution < -0.4 is 9.47 Å². The first kappa shape index (κ1) is 21.1. The van der Waals surface area contributed by atoms with Crippen LogP contribution in [0.3, 0.4) is 0 Å². The number of carbonyl (C=O) groups is 1. The number of benzene rings is 2. The van der Waals surface area contributed by atoms with Crippen LogP contribution in [0.4, 0.5) is 0 Å². The second-order valence-corrected chi connectivity index (χ2v) is 8.18. The summed E-state index contributed by atoms with van der Waals surface area (Å²) in [4.78, 5) is 19.6. The Morgan fingerprint density at radius 1 is 1.03 bits per heavy atom. The number of amides is 1. The Hall–Kier alpha value is -3.81. The molecular weight excluding hydrogens is 418 g/mol. The molecule has 1 aliphatic heterocycles. The standard InChI is InChI=1S/C25H27N5O3/c1-32-22-9-8-18(16-23(22)33-2)25-27-20-6-3-4-7-21(20)30(25)19-10-14-28(15-11-19)24(31)17-29-13-5-12-26-29/h3-9,12-13,16,19H,10-11,14-15,17H2,1-2H3. The van der Waals surface area contributed by atoms with Gasteiger partial charge in [0.15, 0.2) is 11.5 Å². The van der Waals surface area contributed by atoms with Crippen molar-refractivity contribution in [3.8, 4) is 22.9 Å². The van der Waals surface area contributed by atoms with Gasteiger partial charge in [0.05, 0.1) is 25.3 Å². The van der Waals surface area contributed by atoms with Crippen molar-refractivity contribution in [2.45, 2.75) is 25.4 Å². The second-order valence-electron chi connectivity index (χ2n) is 8.18. The van der Waals surface area contributed by atoms with Gasteiger partial charge in [-0.05, 0) is 49.2 Å². The molecule has 3 heterocycles. The number of aromatic nitrogens is 4. The van der Waals surface area contributed by atoms with Gasteiger partial charge in [-0.2, -0.15) is 5.10 Å². The van der Waals surface area contributed by atoms with Crippen molar-refractivity contribution in [2.24, 2.45) is 0 Å². The van der Waals surface area contributed by atoms with E-state index in [0.29, 0.717) is 24.6 Å². The molecule has 1 amide bonds. The number of fused-ring (bicyclic) bond motifs is 1. The number of piperidine rings is 1. The minimum absolute atomic E-state index is 0.104. The quantitative estimate of drug-likeness (QED) is 0.452. The highest BCUT2D eigenvalue weighted by Gasteiger charge is 2.27. The maximum Gasteiger partial charge on any atom is 0.244 e. The van der Waals surface area contributed by atoms with E-state index >= 15 is 0 Å². The fourth-order valence-electron chi connectivity index (χ4n) is 4.60. The summed E-state index contributed by atoms with van der Waals surface area (Å²) in [5.74, 6) is 2.37. The predicted molar refractivity (Wildman–Crippen MR) is 125 cm³/mol. The molecule has 8 nitrogen and oxygen atoms in total. The van der Waals surface area contributed by atoms with Crippen LogP contribution in [0.5, 0.6) is 11.5 Å². The minimum Gasteiger partial charge on any atom is -0.493 e. The Morgan fingerprint density at radius 3 is 2.55 bits per heavy atom. The summed E-state index contributed by atoms with van der Waals surface area (Å²) in [7, 11) is 3.27. The van der Waals surface area contributed by atoms with E-state index in [-0.39, 0.29) is 18.5 Å². The number of para-hydroxylation sites is 2. The molecule has 0 saturated carbocycles. The number of likely N-dealkylation sites (tertiary alicyclic amines) is 1. The van der Waals surface area contributed by atoms with Crippen molar-refractivity contribution in [3.05, 3.63) is 60.9 Å². The summed E-state index contributed by atoms with van der Waals surface area (Å²) in [6.07, 6.45) is 5.24. The fourth-order valence-corrected chi connectivity index (χ4v) is 4.60. The number of nitrogens with zero attached hydrogens (tertiary/aromatic N) is 5. The van der Waals surface area contributed by atoms with Gasteiger partial charge < -0.3 is 18.9 Å². The van der Waals surface area contributed by atoms with Crippen LogP contribution in [0.1, 0.15) is 18.9 Å². The lowest BCUT2D eigenvalue weighted by Gasteiger charge is -2.33. The first-order chi connectivity index (χ1) is 16.2. The van der Waals surface area contributed by atoms with Crippen LogP contribution in [0, 0.1) is 0 Å². The number of imidazole rings is 1. The van der Waals surface area contributed by atoms with E-state index in [0.717, 1.165) is 35.3 Å². The van der Waals surface area contributed by atoms with Crippen LogP contribution in [0.15, 0.2) is 60.9 Å². The number of hydrogen-bond donors (Lipinski definition) is 0. The lowest BCUT2D eigenvalue weighted by molar-refractivity contribution is -0.133. The number of hydrogen-bond acceptors (Lipinski definition) is 5. The van der Waals surface area contributed by atoms with E-state index in [1.54, 1.807) is 25.1 Å². The Kier molecular flexibility index (Phi) is 5.73. The predicted octanol–water partition coefficient (Wildman–Crippen LogP) is 3.78. The molecule has 0 spiro atoms. The highest BCUT2D eigenvalue weighted by Crippen LogP contribution is 2.37. The van der Waals surface area contributed by atoms with Crippen LogP contribution in [-0.4, -0.2) is 57.4 Å². The lowest BCUT2D eigenvalue weighted by Crippen LogP contribution is -2.40. The van der Waals surface area contributed by atoms with Crippen LogP contribution >= 0.6 is 0 Å². The monoisotopic (exact) mass is 445 g/mol. The molecule has 0 N–H and O–H groups in total. The molecule has 170 valence electrons. The third-order valence-electron chi connectivity index (χ3n) is 6.28. The van der Waals surface area contributed by atoms with Gasteiger partial charge >= 0.3 is 0 Å². The van der Waals surface area contributed by atoms with Gasteiger partial charge in [0.2, 0.25) is 5.91 Å². The summed E-state index contributed by atoms with van der Waals surface area (Å²) < 4.78 is 14.9. The van der Waals surface area contributed by atoms with E-state index < -0.39 is 0 Å². The van der Waals surface area contributed by atoms with E-state index in [1.165, 1.54) is 0 Å². The first-order valence-electron chi connectivity index (χ1n) is 11.1. The molecule has 2 aromatic heterocycles. The normalized spacial score (nSPS) is 14.5. The Labute approximate surface area is 192 Å². The molecule has 2 aromatic carbocycles. The van der Waals surface area contributed by atoms with Crippen molar-refractivity contribution in [1.29, 1.82) is 0 Å². The van der Waals surface area contributed by atoms with Crippen molar-refractivity contribution in [2.75, 3.05) is 27.3 Å². The molecule has 0 unspecified atom stereocenters. The summed E-state index contributed by atoms with van der Waals surface area (Å²) in [6.45, 7) is 1.70. The smallest absolute Gasteiger partial charge is 0.244 e. The Bertz CT molecular complexity index is 1260. The molecule has 1 aliphatic rings. The van der Waals surface area contributed by atoms with Crippen molar-refractivity contribution < 1.29 is 14.3 Å². The van der Waals surface area contributed by atoms with Gasteiger partial charge in [-0.15, -0.1) is 0 Å². The molecule has 5 rings (SSSR count). The topological polar surface area (TPSA) is 74.4 Å². The first-order valence-corrected chi connectivity index (χ1v) is 11.1. The summed E-state index contributed by atoms with van der Waals surface area (Å²) >= 11 is 0. The molecule has 1 fully saturated rings. The molecule has 33 heavy (non-hydrogen) atoms. The number of ether oxygens (including phenoxy) is 2. The van der Waals surface area contributed by atoms with E-state index in [9.17, 15) is 4.79 Å². The van der Waals surface area contributed by atoms with Gasteiger partial charge in [-0.1, -0.05) is 12.1 Å². The highest BCUT2D eigenvalue weighted by molar-refractivity contribution is 5.81. The minimum atomic E-state index is 0.104. The third-order valence-corrected chi connectivity index (χ3v) is 6.28. The lowest BCUT2D eigenvalue weighted by atomic mass is 10.0. The van der Waals surface area contributed by atoms with E-state index in [2.05, 4.69) is 15.7 Å². The molecule has 0 aliphatic carbocycles. The molecule has 0 radical (unpaired) electrons. The summed E-state index contributed by atoms with van der Waals surface area (Å²) in [5.41, 5.74) is 3.03.